The summed E-state index contributed by atoms with van der Waals surface area (Å²) in [6, 6.07) is 12.0. The molecule has 0 fully saturated rings. The molecule has 0 radical (unpaired) electrons. The molecular formula is C21H24IN3O. The van der Waals surface area contributed by atoms with Crippen LogP contribution in [0.5, 0.6) is 5.75 Å². The maximum Gasteiger partial charge on any atom is 0.119 e. The van der Waals surface area contributed by atoms with Crippen molar-refractivity contribution in [3.8, 4) is 5.75 Å². The Labute approximate surface area is 168 Å². The second-order valence-corrected chi connectivity index (χ2v) is 8.66. The molecule has 3 N–H and O–H groups in total. The molecule has 1 aromatic heterocycles. The van der Waals surface area contributed by atoms with E-state index in [9.17, 15) is 5.11 Å². The minimum absolute atomic E-state index is 0.162. The van der Waals surface area contributed by atoms with Crippen molar-refractivity contribution in [2.45, 2.75) is 32.7 Å². The molecule has 2 aromatic carbocycles. The molecule has 3 aromatic rings. The number of fused-ring (bicyclic) bond motifs is 1. The number of nitrogens with zero attached hydrogens (tertiary/aromatic N) is 1. The maximum absolute atomic E-state index is 10.5. The minimum atomic E-state index is -0.162. The van der Waals surface area contributed by atoms with Crippen molar-refractivity contribution in [1.82, 2.24) is 10.3 Å². The lowest BCUT2D eigenvalue weighted by atomic mass is 9.82. The third kappa shape index (κ3) is 3.78. The highest BCUT2D eigenvalue weighted by Gasteiger charge is 2.24. The number of phenols is 1. The predicted octanol–water partition coefficient (Wildman–Crippen LogP) is 5.31. The number of benzene rings is 2. The second-order valence-electron chi connectivity index (χ2n) is 7.41. The average molecular weight is 461 g/mol. The van der Waals surface area contributed by atoms with E-state index in [0.29, 0.717) is 12.3 Å². The molecule has 136 valence electrons. The fraction of sp³-hybridized carbons (Fsp3) is 0.286. The highest BCUT2D eigenvalue weighted by Crippen LogP contribution is 2.39. The Bertz CT molecular complexity index is 948. The first-order valence-corrected chi connectivity index (χ1v) is 9.70. The predicted molar refractivity (Wildman–Crippen MR) is 117 cm³/mol. The number of anilines is 2. The number of halogens is 1. The number of nitrogens with one attached hydrogen (secondary N) is 2. The molecule has 0 saturated heterocycles. The Morgan fingerprint density at radius 1 is 1.08 bits per heavy atom. The lowest BCUT2D eigenvalue weighted by molar-refractivity contribution is 0.443. The fourth-order valence-electron chi connectivity index (χ4n) is 3.33. The molecular weight excluding hydrogens is 437 g/mol. The monoisotopic (exact) mass is 461 g/mol. The molecule has 0 amide bonds. The van der Waals surface area contributed by atoms with Crippen molar-refractivity contribution in [2.24, 2.45) is 0 Å². The van der Waals surface area contributed by atoms with E-state index in [1.165, 1.54) is 0 Å². The quantitative estimate of drug-likeness (QED) is 0.364. The summed E-state index contributed by atoms with van der Waals surface area (Å²) in [4.78, 5) is 4.48. The van der Waals surface area contributed by atoms with Gasteiger partial charge in [-0.15, -0.1) is 0 Å². The molecule has 0 spiro atoms. The van der Waals surface area contributed by atoms with Crippen molar-refractivity contribution in [3.63, 3.8) is 0 Å². The van der Waals surface area contributed by atoms with Gasteiger partial charge < -0.3 is 15.7 Å². The summed E-state index contributed by atoms with van der Waals surface area (Å²) in [5.74, 6) is 0.336. The normalized spacial score (nSPS) is 11.7. The highest BCUT2D eigenvalue weighted by molar-refractivity contribution is 14.1. The second kappa shape index (κ2) is 7.40. The Hall–Kier alpha value is -1.86. The first-order valence-electron chi connectivity index (χ1n) is 8.62. The third-order valence-corrected chi connectivity index (χ3v) is 5.04. The zero-order valence-electron chi connectivity index (χ0n) is 15.5. The van der Waals surface area contributed by atoms with Crippen LogP contribution >= 0.6 is 22.6 Å². The SMILES string of the molecule is CNCc1c(Nc2ccnc3cc(I)ccc23)ccc(O)c1C(C)(C)C. The van der Waals surface area contributed by atoms with Crippen molar-refractivity contribution in [1.29, 1.82) is 0 Å². The van der Waals surface area contributed by atoms with Crippen molar-refractivity contribution in [3.05, 3.63) is 57.3 Å². The van der Waals surface area contributed by atoms with E-state index in [-0.39, 0.29) is 5.41 Å². The van der Waals surface area contributed by atoms with Crippen LogP contribution in [0.1, 0.15) is 31.9 Å². The van der Waals surface area contributed by atoms with Gasteiger partial charge in [-0.3, -0.25) is 4.98 Å². The van der Waals surface area contributed by atoms with Crippen LogP contribution in [0.4, 0.5) is 11.4 Å². The summed E-state index contributed by atoms with van der Waals surface area (Å²) in [7, 11) is 1.92. The van der Waals surface area contributed by atoms with Gasteiger partial charge in [0.2, 0.25) is 0 Å². The summed E-state index contributed by atoms with van der Waals surface area (Å²) >= 11 is 2.30. The number of aromatic nitrogens is 1. The molecule has 1 heterocycles. The lowest BCUT2D eigenvalue weighted by Crippen LogP contribution is -2.19. The minimum Gasteiger partial charge on any atom is -0.508 e. The van der Waals surface area contributed by atoms with Crippen LogP contribution in [0, 0.1) is 3.57 Å². The standard InChI is InChI=1S/C21H24IN3O/c1-21(2,3)20-15(12-23-4)16(7-8-19(20)26)25-17-9-10-24-18-11-13(22)5-6-14(17)18/h5-11,23,26H,12H2,1-4H3,(H,24,25). The topological polar surface area (TPSA) is 57.2 Å². The van der Waals surface area contributed by atoms with Crippen LogP contribution in [0.2, 0.25) is 0 Å². The van der Waals surface area contributed by atoms with Gasteiger partial charge in [0.25, 0.3) is 0 Å². The third-order valence-electron chi connectivity index (χ3n) is 4.37. The fourth-order valence-corrected chi connectivity index (χ4v) is 3.80. The van der Waals surface area contributed by atoms with Gasteiger partial charge in [-0.25, -0.2) is 0 Å². The molecule has 5 heteroatoms. The Balaban J connectivity index is 2.14. The van der Waals surface area contributed by atoms with Crippen LogP contribution in [0.3, 0.4) is 0 Å². The molecule has 0 saturated carbocycles. The van der Waals surface area contributed by atoms with E-state index in [1.807, 2.05) is 25.4 Å². The van der Waals surface area contributed by atoms with Gasteiger partial charge in [0.1, 0.15) is 5.75 Å². The summed E-state index contributed by atoms with van der Waals surface area (Å²) in [6.07, 6.45) is 1.82. The van der Waals surface area contributed by atoms with Gasteiger partial charge in [0.05, 0.1) is 5.52 Å². The zero-order valence-corrected chi connectivity index (χ0v) is 17.7. The lowest BCUT2D eigenvalue weighted by Gasteiger charge is -2.26. The van der Waals surface area contributed by atoms with Gasteiger partial charge >= 0.3 is 0 Å². The molecule has 0 aliphatic rings. The molecule has 0 bridgehead atoms. The first-order chi connectivity index (χ1) is 12.3. The van der Waals surface area contributed by atoms with Crippen LogP contribution < -0.4 is 10.6 Å². The molecule has 26 heavy (non-hydrogen) atoms. The van der Waals surface area contributed by atoms with Crippen molar-refractivity contribution < 1.29 is 5.11 Å². The summed E-state index contributed by atoms with van der Waals surface area (Å²) in [6.45, 7) is 7.03. The van der Waals surface area contributed by atoms with Gasteiger partial charge in [0.15, 0.2) is 0 Å². The van der Waals surface area contributed by atoms with E-state index in [4.69, 9.17) is 0 Å². The zero-order chi connectivity index (χ0) is 18.9. The molecule has 0 aliphatic carbocycles. The maximum atomic E-state index is 10.5. The summed E-state index contributed by atoms with van der Waals surface area (Å²) in [5, 5.41) is 18.4. The number of rotatable bonds is 4. The van der Waals surface area contributed by atoms with Gasteiger partial charge in [0, 0.05) is 38.6 Å². The molecule has 4 nitrogen and oxygen atoms in total. The van der Waals surface area contributed by atoms with E-state index in [1.54, 1.807) is 6.07 Å². The number of hydrogen-bond donors (Lipinski definition) is 3. The van der Waals surface area contributed by atoms with Crippen molar-refractivity contribution in [2.75, 3.05) is 12.4 Å². The molecule has 0 aliphatic heterocycles. The van der Waals surface area contributed by atoms with Crippen molar-refractivity contribution >= 4 is 44.9 Å². The Kier molecular flexibility index (Phi) is 5.39. The highest BCUT2D eigenvalue weighted by atomic mass is 127. The van der Waals surface area contributed by atoms with Gasteiger partial charge in [-0.05, 0) is 77.0 Å². The average Bonchev–Trinajstić information content (AvgIpc) is 2.56. The van der Waals surface area contributed by atoms with Gasteiger partial charge in [-0.1, -0.05) is 20.8 Å². The van der Waals surface area contributed by atoms with E-state index in [0.717, 1.165) is 37.0 Å². The van der Waals surface area contributed by atoms with E-state index in [2.05, 4.69) is 77.2 Å². The number of aromatic hydroxyl groups is 1. The first kappa shape index (κ1) is 18.9. The molecule has 0 unspecified atom stereocenters. The summed E-state index contributed by atoms with van der Waals surface area (Å²) < 4.78 is 1.16. The molecule has 3 rings (SSSR count). The Morgan fingerprint density at radius 3 is 2.54 bits per heavy atom. The van der Waals surface area contributed by atoms with Crippen LogP contribution in [0.15, 0.2) is 42.6 Å². The van der Waals surface area contributed by atoms with E-state index < -0.39 is 0 Å². The van der Waals surface area contributed by atoms with Crippen LogP contribution in [-0.4, -0.2) is 17.1 Å². The Morgan fingerprint density at radius 2 is 1.85 bits per heavy atom. The largest absolute Gasteiger partial charge is 0.508 e. The molecule has 0 atom stereocenters. The van der Waals surface area contributed by atoms with Crippen LogP contribution in [-0.2, 0) is 12.0 Å². The van der Waals surface area contributed by atoms with Gasteiger partial charge in [-0.2, -0.15) is 0 Å². The van der Waals surface area contributed by atoms with E-state index >= 15 is 0 Å². The van der Waals surface area contributed by atoms with Crippen LogP contribution in [0.25, 0.3) is 10.9 Å². The number of phenolic OH excluding ortho intramolecular Hbond substituents is 1. The summed E-state index contributed by atoms with van der Waals surface area (Å²) in [5.41, 5.74) is 4.85. The number of pyridine rings is 1. The number of hydrogen-bond acceptors (Lipinski definition) is 4. The smallest absolute Gasteiger partial charge is 0.119 e.